The lowest BCUT2D eigenvalue weighted by atomic mass is 10.1. The van der Waals surface area contributed by atoms with E-state index in [2.05, 4.69) is 10.3 Å². The van der Waals surface area contributed by atoms with E-state index in [0.29, 0.717) is 25.0 Å². The molecular weight excluding hydrogens is 268 g/mol. The first-order valence-corrected chi connectivity index (χ1v) is 7.52. The van der Waals surface area contributed by atoms with Crippen LogP contribution in [-0.4, -0.2) is 47.7 Å². The highest BCUT2D eigenvalue weighted by Gasteiger charge is 2.29. The van der Waals surface area contributed by atoms with Gasteiger partial charge in [-0.1, -0.05) is 0 Å². The zero-order valence-electron chi connectivity index (χ0n) is 14.2. The molecule has 0 bridgehead atoms. The van der Waals surface area contributed by atoms with Gasteiger partial charge in [0.15, 0.2) is 5.96 Å². The van der Waals surface area contributed by atoms with Gasteiger partial charge in [-0.15, -0.1) is 0 Å². The van der Waals surface area contributed by atoms with E-state index in [4.69, 9.17) is 10.5 Å². The molecule has 1 aliphatic rings. The van der Waals surface area contributed by atoms with E-state index in [9.17, 15) is 4.79 Å². The second kappa shape index (κ2) is 6.54. The van der Waals surface area contributed by atoms with Gasteiger partial charge < -0.3 is 20.7 Å². The van der Waals surface area contributed by atoms with Crippen LogP contribution in [0.2, 0.25) is 0 Å². The maximum absolute atomic E-state index is 12.0. The lowest BCUT2D eigenvalue weighted by Gasteiger charge is -2.24. The molecule has 1 fully saturated rings. The number of guanidine groups is 1. The number of rotatable bonds is 2. The summed E-state index contributed by atoms with van der Waals surface area (Å²) in [6, 6.07) is 0. The molecule has 1 atom stereocenters. The van der Waals surface area contributed by atoms with E-state index < -0.39 is 5.60 Å². The van der Waals surface area contributed by atoms with Crippen molar-refractivity contribution < 1.29 is 9.53 Å². The molecule has 0 radical (unpaired) electrons. The van der Waals surface area contributed by atoms with Crippen molar-refractivity contribution in [3.63, 3.8) is 0 Å². The second-order valence-electron chi connectivity index (χ2n) is 7.68. The van der Waals surface area contributed by atoms with Crippen LogP contribution >= 0.6 is 0 Å². The Morgan fingerprint density at radius 3 is 2.48 bits per heavy atom. The summed E-state index contributed by atoms with van der Waals surface area (Å²) in [6.45, 7) is 13.8. The number of hydrogen-bond acceptors (Lipinski definition) is 3. The summed E-state index contributed by atoms with van der Waals surface area (Å²) in [6.07, 6.45) is 0.695. The second-order valence-corrected chi connectivity index (χ2v) is 7.68. The van der Waals surface area contributed by atoms with Gasteiger partial charge in [0.2, 0.25) is 0 Å². The van der Waals surface area contributed by atoms with Crippen LogP contribution < -0.4 is 11.1 Å². The predicted octanol–water partition coefficient (Wildman–Crippen LogP) is 1.95. The quantitative estimate of drug-likeness (QED) is 0.603. The number of nitrogens with one attached hydrogen (secondary N) is 1. The number of amides is 1. The molecule has 0 aromatic heterocycles. The summed E-state index contributed by atoms with van der Waals surface area (Å²) >= 11 is 0. The first kappa shape index (κ1) is 17.6. The molecule has 1 saturated heterocycles. The molecule has 1 aliphatic heterocycles. The predicted molar refractivity (Wildman–Crippen MR) is 85.3 cm³/mol. The zero-order chi connectivity index (χ0) is 16.3. The van der Waals surface area contributed by atoms with Gasteiger partial charge in [-0.05, 0) is 53.9 Å². The van der Waals surface area contributed by atoms with Crippen molar-refractivity contribution in [2.45, 2.75) is 59.1 Å². The number of likely N-dealkylation sites (tertiary alicyclic amines) is 1. The lowest BCUT2D eigenvalue weighted by molar-refractivity contribution is 0.0289. The Labute approximate surface area is 128 Å². The molecule has 3 N–H and O–H groups in total. The van der Waals surface area contributed by atoms with Gasteiger partial charge in [0, 0.05) is 25.2 Å². The third kappa shape index (κ3) is 7.20. The first-order valence-electron chi connectivity index (χ1n) is 7.52. The van der Waals surface area contributed by atoms with Crippen molar-refractivity contribution in [2.24, 2.45) is 16.6 Å². The molecular formula is C15H30N4O2. The minimum Gasteiger partial charge on any atom is -0.444 e. The smallest absolute Gasteiger partial charge is 0.410 e. The Kier molecular flexibility index (Phi) is 5.48. The fourth-order valence-electron chi connectivity index (χ4n) is 2.13. The highest BCUT2D eigenvalue weighted by atomic mass is 16.6. The molecule has 6 nitrogen and oxygen atoms in total. The number of nitrogens with two attached hydrogens (primary N) is 1. The van der Waals surface area contributed by atoms with Crippen LogP contribution in [0.1, 0.15) is 48.0 Å². The normalized spacial score (nSPS) is 20.6. The lowest BCUT2D eigenvalue weighted by Crippen LogP contribution is -2.45. The fourth-order valence-corrected chi connectivity index (χ4v) is 2.13. The molecule has 6 heteroatoms. The molecule has 21 heavy (non-hydrogen) atoms. The monoisotopic (exact) mass is 298 g/mol. The van der Waals surface area contributed by atoms with Gasteiger partial charge in [-0.2, -0.15) is 0 Å². The van der Waals surface area contributed by atoms with E-state index in [-0.39, 0.29) is 11.6 Å². The van der Waals surface area contributed by atoms with Gasteiger partial charge in [-0.3, -0.25) is 4.99 Å². The number of carbonyl (C=O) groups excluding carboxylic acids is 1. The molecule has 0 saturated carbocycles. The fraction of sp³-hybridized carbons (Fsp3) is 0.867. The average Bonchev–Trinajstić information content (AvgIpc) is 2.70. The summed E-state index contributed by atoms with van der Waals surface area (Å²) in [5.74, 6) is 0.802. The molecule has 1 heterocycles. The van der Waals surface area contributed by atoms with Gasteiger partial charge in [0.05, 0.1) is 0 Å². The minimum atomic E-state index is -0.450. The number of ether oxygens (including phenoxy) is 1. The maximum atomic E-state index is 12.0. The molecule has 122 valence electrons. The number of nitrogens with zero attached hydrogens (tertiary/aromatic N) is 2. The van der Waals surface area contributed by atoms with Crippen molar-refractivity contribution in [1.82, 2.24) is 10.2 Å². The molecule has 1 unspecified atom stereocenters. The first-order chi connectivity index (χ1) is 9.46. The Hall–Kier alpha value is -1.46. The van der Waals surface area contributed by atoms with Gasteiger partial charge in [-0.25, -0.2) is 4.79 Å². The third-order valence-electron chi connectivity index (χ3n) is 2.96. The molecule has 0 aromatic rings. The highest BCUT2D eigenvalue weighted by molar-refractivity contribution is 5.78. The van der Waals surface area contributed by atoms with Crippen LogP contribution in [-0.2, 0) is 4.74 Å². The van der Waals surface area contributed by atoms with Crippen LogP contribution in [0, 0.1) is 5.92 Å². The third-order valence-corrected chi connectivity index (χ3v) is 2.96. The molecule has 1 rings (SSSR count). The Balaban J connectivity index is 2.41. The number of aliphatic imine (C=N–C) groups is 1. The summed E-state index contributed by atoms with van der Waals surface area (Å²) < 4.78 is 5.38. The maximum Gasteiger partial charge on any atom is 0.410 e. The van der Waals surface area contributed by atoms with Crippen LogP contribution in [0.3, 0.4) is 0 Å². The minimum absolute atomic E-state index is 0.0915. The van der Waals surface area contributed by atoms with Crippen molar-refractivity contribution >= 4 is 12.1 Å². The van der Waals surface area contributed by atoms with Crippen molar-refractivity contribution in [3.05, 3.63) is 0 Å². The summed E-state index contributed by atoms with van der Waals surface area (Å²) in [7, 11) is 0. The molecule has 0 aliphatic carbocycles. The summed E-state index contributed by atoms with van der Waals surface area (Å²) in [5, 5.41) is 3.13. The summed E-state index contributed by atoms with van der Waals surface area (Å²) in [5.41, 5.74) is 5.31. The van der Waals surface area contributed by atoms with Gasteiger partial charge >= 0.3 is 6.09 Å². The molecule has 0 aromatic carbocycles. The SMILES string of the molecule is CC(C)(C)NC(N)=NCC1CCN(C(=O)OC(C)(C)C)C1. The van der Waals surface area contributed by atoms with Crippen LogP contribution in [0.25, 0.3) is 0 Å². The Bertz CT molecular complexity index is 393. The average molecular weight is 298 g/mol. The number of carbonyl (C=O) groups is 1. The van der Waals surface area contributed by atoms with Crippen molar-refractivity contribution in [3.8, 4) is 0 Å². The number of hydrogen-bond donors (Lipinski definition) is 2. The molecule has 1 amide bonds. The van der Waals surface area contributed by atoms with Gasteiger partial charge in [0.1, 0.15) is 5.60 Å². The van der Waals surface area contributed by atoms with E-state index in [1.165, 1.54) is 0 Å². The van der Waals surface area contributed by atoms with E-state index >= 15 is 0 Å². The summed E-state index contributed by atoms with van der Waals surface area (Å²) in [4.78, 5) is 18.1. The van der Waals surface area contributed by atoms with Gasteiger partial charge in [0.25, 0.3) is 0 Å². The van der Waals surface area contributed by atoms with E-state index in [1.54, 1.807) is 4.90 Å². The topological polar surface area (TPSA) is 80.0 Å². The van der Waals surface area contributed by atoms with E-state index in [0.717, 1.165) is 13.0 Å². The Morgan fingerprint density at radius 2 is 1.95 bits per heavy atom. The van der Waals surface area contributed by atoms with Crippen LogP contribution in [0.5, 0.6) is 0 Å². The Morgan fingerprint density at radius 1 is 1.33 bits per heavy atom. The van der Waals surface area contributed by atoms with Crippen LogP contribution in [0.4, 0.5) is 4.79 Å². The van der Waals surface area contributed by atoms with E-state index in [1.807, 2.05) is 41.5 Å². The van der Waals surface area contributed by atoms with Crippen molar-refractivity contribution in [2.75, 3.05) is 19.6 Å². The van der Waals surface area contributed by atoms with Crippen molar-refractivity contribution in [1.29, 1.82) is 0 Å². The largest absolute Gasteiger partial charge is 0.444 e. The highest BCUT2D eigenvalue weighted by Crippen LogP contribution is 2.19. The molecule has 0 spiro atoms. The van der Waals surface area contributed by atoms with Crippen LogP contribution in [0.15, 0.2) is 4.99 Å². The zero-order valence-corrected chi connectivity index (χ0v) is 14.2. The standard InChI is InChI=1S/C15H30N4O2/c1-14(2,3)18-12(16)17-9-11-7-8-19(10-11)13(20)21-15(4,5)6/h11H,7-10H2,1-6H3,(H3,16,17,18).